The van der Waals surface area contributed by atoms with Crippen molar-refractivity contribution < 1.29 is 4.21 Å². The Hall–Kier alpha value is -0.110. The molecule has 0 spiro atoms. The van der Waals surface area contributed by atoms with Gasteiger partial charge in [0.2, 0.25) is 0 Å². The third-order valence-electron chi connectivity index (χ3n) is 0.419. The molecule has 0 saturated carbocycles. The van der Waals surface area contributed by atoms with Crippen LogP contribution in [-0.4, -0.2) is 17.5 Å². The number of rotatable bonds is 2. The van der Waals surface area contributed by atoms with Crippen LogP contribution < -0.4 is 0 Å². The van der Waals surface area contributed by atoms with E-state index in [-0.39, 0.29) is 0 Å². The molecule has 8 heavy (non-hydrogen) atoms. The smallest absolute Gasteiger partial charge is 0.133 e. The van der Waals surface area contributed by atoms with E-state index in [2.05, 4.69) is 9.43 Å². The SMILES string of the molecule is CP(C)S(=O)N=[N+]=[N-]. The largest absolute Gasteiger partial charge is 0.248 e. The molecular formula is C2H6N3OPS. The van der Waals surface area contributed by atoms with E-state index in [0.717, 1.165) is 0 Å². The normalized spacial score (nSPS) is 12.9. The number of hydrogen-bond donors (Lipinski definition) is 0. The van der Waals surface area contributed by atoms with Crippen LogP contribution in [0.2, 0.25) is 0 Å². The zero-order valence-electron chi connectivity index (χ0n) is 4.61. The van der Waals surface area contributed by atoms with Gasteiger partial charge in [-0.2, -0.15) is 0 Å². The maximum absolute atomic E-state index is 10.5. The standard InChI is InChI=1S/C2H6N3OPS/c1-7(2)8(6)5-4-3/h1-2H3. The van der Waals surface area contributed by atoms with Crippen LogP contribution >= 0.6 is 7.12 Å². The molecule has 0 saturated heterocycles. The summed E-state index contributed by atoms with van der Waals surface area (Å²) in [5.41, 5.74) is 7.76. The molecule has 0 aliphatic heterocycles. The summed E-state index contributed by atoms with van der Waals surface area (Å²) in [4.78, 5) is 2.40. The van der Waals surface area contributed by atoms with Crippen molar-refractivity contribution in [3.63, 3.8) is 0 Å². The first-order valence-corrected chi connectivity index (χ1v) is 5.77. The second-order valence-corrected chi connectivity index (χ2v) is 6.59. The van der Waals surface area contributed by atoms with Gasteiger partial charge < -0.3 is 0 Å². The molecule has 0 aliphatic carbocycles. The van der Waals surface area contributed by atoms with E-state index in [4.69, 9.17) is 5.53 Å². The van der Waals surface area contributed by atoms with Crippen molar-refractivity contribution in [3.8, 4) is 0 Å². The Bertz CT molecular complexity index is 140. The molecule has 4 nitrogen and oxygen atoms in total. The molecule has 0 N–H and O–H groups in total. The second-order valence-electron chi connectivity index (χ2n) is 1.21. The number of nitrogens with zero attached hydrogens (tertiary/aromatic N) is 3. The van der Waals surface area contributed by atoms with Gasteiger partial charge in [-0.05, 0) is 26.0 Å². The first kappa shape index (κ1) is 7.89. The van der Waals surface area contributed by atoms with Gasteiger partial charge in [0.1, 0.15) is 10.6 Å². The minimum atomic E-state index is -1.30. The van der Waals surface area contributed by atoms with E-state index in [1.807, 2.05) is 0 Å². The van der Waals surface area contributed by atoms with Gasteiger partial charge in [0.15, 0.2) is 0 Å². The van der Waals surface area contributed by atoms with Crippen LogP contribution in [0.25, 0.3) is 10.4 Å². The highest BCUT2D eigenvalue weighted by molar-refractivity contribution is 8.45. The van der Waals surface area contributed by atoms with Gasteiger partial charge in [0.25, 0.3) is 0 Å². The van der Waals surface area contributed by atoms with E-state index >= 15 is 0 Å². The average molecular weight is 151 g/mol. The van der Waals surface area contributed by atoms with Crippen molar-refractivity contribution in [2.45, 2.75) is 0 Å². The summed E-state index contributed by atoms with van der Waals surface area (Å²) in [6, 6.07) is 0. The third-order valence-corrected chi connectivity index (χ3v) is 3.35. The number of hydrogen-bond acceptors (Lipinski definition) is 1. The van der Waals surface area contributed by atoms with Gasteiger partial charge in [0, 0.05) is 9.43 Å². The molecule has 1 atom stereocenters. The van der Waals surface area contributed by atoms with E-state index in [9.17, 15) is 4.21 Å². The van der Waals surface area contributed by atoms with Gasteiger partial charge in [-0.15, -0.1) is 0 Å². The lowest BCUT2D eigenvalue weighted by Crippen LogP contribution is -1.74. The van der Waals surface area contributed by atoms with Crippen LogP contribution in [0.1, 0.15) is 0 Å². The minimum Gasteiger partial charge on any atom is -0.248 e. The molecule has 0 aromatic heterocycles. The molecule has 0 aromatic carbocycles. The van der Waals surface area contributed by atoms with Crippen molar-refractivity contribution in [1.82, 2.24) is 0 Å². The summed E-state index contributed by atoms with van der Waals surface area (Å²) < 4.78 is 13.5. The Labute approximate surface area is 51.0 Å². The molecule has 1 unspecified atom stereocenters. The fourth-order valence-corrected chi connectivity index (χ4v) is 0.849. The summed E-state index contributed by atoms with van der Waals surface area (Å²) in [6.07, 6.45) is 0. The topological polar surface area (TPSA) is 65.8 Å². The zero-order valence-corrected chi connectivity index (χ0v) is 6.32. The van der Waals surface area contributed by atoms with E-state index < -0.39 is 17.7 Å². The lowest BCUT2D eigenvalue weighted by Gasteiger charge is -1.93. The quantitative estimate of drug-likeness (QED) is 0.256. The molecule has 0 aromatic rings. The Morgan fingerprint density at radius 3 is 2.38 bits per heavy atom. The molecule has 0 bridgehead atoms. The van der Waals surface area contributed by atoms with Crippen LogP contribution in [0.5, 0.6) is 0 Å². The predicted octanol–water partition coefficient (Wildman–Crippen LogP) is 1.62. The molecule has 0 rings (SSSR count). The van der Waals surface area contributed by atoms with Crippen molar-refractivity contribution >= 4 is 17.7 Å². The summed E-state index contributed by atoms with van der Waals surface area (Å²) in [7, 11) is -1.91. The Kier molecular flexibility index (Phi) is 3.79. The zero-order chi connectivity index (χ0) is 6.57. The summed E-state index contributed by atoms with van der Waals surface area (Å²) in [5.74, 6) is 0. The van der Waals surface area contributed by atoms with Crippen LogP contribution in [0.15, 0.2) is 4.52 Å². The molecule has 0 amide bonds. The van der Waals surface area contributed by atoms with E-state index in [1.54, 1.807) is 13.3 Å². The maximum Gasteiger partial charge on any atom is 0.133 e. The van der Waals surface area contributed by atoms with E-state index in [1.165, 1.54) is 0 Å². The highest BCUT2D eigenvalue weighted by atomic mass is 32.7. The predicted molar refractivity (Wildman–Crippen MR) is 36.1 cm³/mol. The Morgan fingerprint density at radius 2 is 2.25 bits per heavy atom. The molecule has 6 heteroatoms. The summed E-state index contributed by atoms with van der Waals surface area (Å²) >= 11 is 0. The van der Waals surface area contributed by atoms with Crippen LogP contribution in [0.4, 0.5) is 0 Å². The van der Waals surface area contributed by atoms with Gasteiger partial charge in [-0.1, -0.05) is 0 Å². The van der Waals surface area contributed by atoms with Crippen LogP contribution in [-0.2, 0) is 10.6 Å². The van der Waals surface area contributed by atoms with Gasteiger partial charge in [-0.25, -0.2) is 4.21 Å². The van der Waals surface area contributed by atoms with Gasteiger partial charge >= 0.3 is 0 Å². The minimum absolute atomic E-state index is 0.616. The first-order chi connectivity index (χ1) is 3.68. The maximum atomic E-state index is 10.5. The fraction of sp³-hybridized carbons (Fsp3) is 1.00. The summed E-state index contributed by atoms with van der Waals surface area (Å²) in [6.45, 7) is 3.58. The van der Waals surface area contributed by atoms with Crippen molar-refractivity contribution in [1.29, 1.82) is 0 Å². The van der Waals surface area contributed by atoms with Gasteiger partial charge in [0.05, 0.1) is 0 Å². The Balaban J connectivity index is 3.84. The lowest BCUT2D eigenvalue weighted by molar-refractivity contribution is 0.692. The van der Waals surface area contributed by atoms with E-state index in [0.29, 0.717) is 0 Å². The van der Waals surface area contributed by atoms with Gasteiger partial charge in [-0.3, -0.25) is 0 Å². The fourth-order valence-electron chi connectivity index (χ4n) is 0.104. The molecule has 46 valence electrons. The van der Waals surface area contributed by atoms with Crippen molar-refractivity contribution in [2.75, 3.05) is 13.3 Å². The highest BCUT2D eigenvalue weighted by Crippen LogP contribution is 2.30. The lowest BCUT2D eigenvalue weighted by atomic mass is 11.9. The highest BCUT2D eigenvalue weighted by Gasteiger charge is 1.97. The summed E-state index contributed by atoms with van der Waals surface area (Å²) in [5, 5.41) is 0. The molecule has 0 fully saturated rings. The first-order valence-electron chi connectivity index (χ1n) is 1.83. The Morgan fingerprint density at radius 1 is 1.75 bits per heavy atom. The van der Waals surface area contributed by atoms with Crippen LogP contribution in [0, 0.1) is 0 Å². The molecular weight excluding hydrogens is 145 g/mol. The second kappa shape index (κ2) is 3.84. The van der Waals surface area contributed by atoms with Crippen LogP contribution in [0.3, 0.4) is 0 Å². The molecule has 0 heterocycles. The monoisotopic (exact) mass is 151 g/mol. The van der Waals surface area contributed by atoms with Crippen molar-refractivity contribution in [2.24, 2.45) is 4.52 Å². The number of azide groups is 1. The average Bonchev–Trinajstić information content (AvgIpc) is 1.67. The third kappa shape index (κ3) is 2.97. The molecule has 0 radical (unpaired) electrons. The van der Waals surface area contributed by atoms with Crippen molar-refractivity contribution in [3.05, 3.63) is 10.4 Å². The molecule has 0 aliphatic rings.